The third-order valence-electron chi connectivity index (χ3n) is 3.48. The summed E-state index contributed by atoms with van der Waals surface area (Å²) in [6.07, 6.45) is 1.47. The molecular formula is C17H15N3O3S. The van der Waals surface area contributed by atoms with E-state index in [-0.39, 0.29) is 5.56 Å². The molecule has 122 valence electrons. The SMILES string of the molecule is COC(=O)c1sccc1N=Cc1c(C)[nH]n(-c2ccccc2)c1=O. The van der Waals surface area contributed by atoms with Crippen LogP contribution in [0.3, 0.4) is 0 Å². The van der Waals surface area contributed by atoms with E-state index in [0.717, 1.165) is 5.69 Å². The van der Waals surface area contributed by atoms with Crippen molar-refractivity contribution in [2.45, 2.75) is 6.92 Å². The maximum atomic E-state index is 12.6. The molecule has 6 nitrogen and oxygen atoms in total. The molecule has 0 atom stereocenters. The molecule has 3 aromatic rings. The lowest BCUT2D eigenvalue weighted by atomic mass is 10.3. The van der Waals surface area contributed by atoms with Gasteiger partial charge in [0.2, 0.25) is 0 Å². The van der Waals surface area contributed by atoms with Crippen molar-refractivity contribution < 1.29 is 9.53 Å². The second kappa shape index (κ2) is 6.67. The number of thiophene rings is 1. The van der Waals surface area contributed by atoms with Gasteiger partial charge in [-0.3, -0.25) is 14.9 Å². The number of hydrogen-bond donors (Lipinski definition) is 1. The quantitative estimate of drug-likeness (QED) is 0.585. The van der Waals surface area contributed by atoms with E-state index in [0.29, 0.717) is 21.8 Å². The van der Waals surface area contributed by atoms with Gasteiger partial charge in [0.25, 0.3) is 5.56 Å². The van der Waals surface area contributed by atoms with Crippen LogP contribution in [0.5, 0.6) is 0 Å². The fourth-order valence-corrected chi connectivity index (χ4v) is 3.01. The number of aliphatic imine (C=N–C) groups is 1. The zero-order chi connectivity index (χ0) is 17.1. The van der Waals surface area contributed by atoms with Crippen LogP contribution in [0.4, 0.5) is 5.69 Å². The molecule has 1 N–H and O–H groups in total. The average molecular weight is 341 g/mol. The van der Waals surface area contributed by atoms with Crippen LogP contribution in [0, 0.1) is 6.92 Å². The number of nitrogens with zero attached hydrogens (tertiary/aromatic N) is 2. The standard InChI is InChI=1S/C17H15N3O3S/c1-11-13(10-18-14-8-9-24-15(14)17(22)23-2)16(21)20(19-11)12-6-4-3-5-7-12/h3-10,19H,1-2H3. The molecule has 1 aromatic carbocycles. The minimum absolute atomic E-state index is 0.197. The van der Waals surface area contributed by atoms with Gasteiger partial charge in [-0.15, -0.1) is 11.3 Å². The van der Waals surface area contributed by atoms with E-state index in [9.17, 15) is 9.59 Å². The molecule has 0 aliphatic heterocycles. The summed E-state index contributed by atoms with van der Waals surface area (Å²) < 4.78 is 6.19. The Hall–Kier alpha value is -2.93. The van der Waals surface area contributed by atoms with E-state index in [1.165, 1.54) is 29.3 Å². The smallest absolute Gasteiger partial charge is 0.350 e. The van der Waals surface area contributed by atoms with Crippen molar-refractivity contribution in [1.29, 1.82) is 0 Å². The number of aryl methyl sites for hydroxylation is 1. The number of ether oxygens (including phenoxy) is 1. The topological polar surface area (TPSA) is 76.4 Å². The van der Waals surface area contributed by atoms with E-state index in [4.69, 9.17) is 4.74 Å². The number of hydrogen-bond acceptors (Lipinski definition) is 5. The third-order valence-corrected chi connectivity index (χ3v) is 4.36. The van der Waals surface area contributed by atoms with Crippen molar-refractivity contribution in [2.75, 3.05) is 7.11 Å². The molecule has 0 fully saturated rings. The summed E-state index contributed by atoms with van der Waals surface area (Å²) in [6, 6.07) is 11.0. The number of carbonyl (C=O) groups excluding carboxylic acids is 1. The minimum Gasteiger partial charge on any atom is -0.465 e. The zero-order valence-corrected chi connectivity index (χ0v) is 14.0. The minimum atomic E-state index is -0.440. The highest BCUT2D eigenvalue weighted by Crippen LogP contribution is 2.25. The monoisotopic (exact) mass is 341 g/mol. The molecule has 0 unspecified atom stereocenters. The number of carbonyl (C=O) groups is 1. The van der Waals surface area contributed by atoms with Gasteiger partial charge >= 0.3 is 5.97 Å². The number of H-pyrrole nitrogens is 1. The lowest BCUT2D eigenvalue weighted by Gasteiger charge is -1.99. The predicted octanol–water partition coefficient (Wildman–Crippen LogP) is 3.07. The molecule has 7 heteroatoms. The largest absolute Gasteiger partial charge is 0.465 e. The number of rotatable bonds is 4. The Labute approximate surface area is 142 Å². The second-order valence-corrected chi connectivity index (χ2v) is 5.93. The Balaban J connectivity index is 1.98. The van der Waals surface area contributed by atoms with E-state index in [1.54, 1.807) is 18.4 Å². The van der Waals surface area contributed by atoms with Crippen LogP contribution in [0.15, 0.2) is 51.6 Å². The normalized spacial score (nSPS) is 11.1. The molecule has 0 aliphatic rings. The fourth-order valence-electron chi connectivity index (χ4n) is 2.25. The number of nitrogens with one attached hydrogen (secondary N) is 1. The highest BCUT2D eigenvalue weighted by Gasteiger charge is 2.14. The van der Waals surface area contributed by atoms with Crippen molar-refractivity contribution in [3.63, 3.8) is 0 Å². The number of aromatic amines is 1. The number of para-hydroxylation sites is 1. The van der Waals surface area contributed by atoms with Gasteiger partial charge in [-0.1, -0.05) is 18.2 Å². The molecule has 0 amide bonds. The maximum Gasteiger partial charge on any atom is 0.350 e. The zero-order valence-electron chi connectivity index (χ0n) is 13.1. The highest BCUT2D eigenvalue weighted by molar-refractivity contribution is 7.12. The molecule has 0 spiro atoms. The van der Waals surface area contributed by atoms with Crippen LogP contribution in [0.2, 0.25) is 0 Å². The molecule has 2 aromatic heterocycles. The molecule has 0 bridgehead atoms. The molecule has 0 radical (unpaired) electrons. The van der Waals surface area contributed by atoms with Gasteiger partial charge in [-0.25, -0.2) is 9.48 Å². The number of methoxy groups -OCH3 is 1. The first-order valence-corrected chi connectivity index (χ1v) is 8.06. The molecule has 0 saturated carbocycles. The first kappa shape index (κ1) is 15.9. The van der Waals surface area contributed by atoms with Gasteiger partial charge in [-0.05, 0) is 30.5 Å². The Morgan fingerprint density at radius 2 is 2.04 bits per heavy atom. The van der Waals surface area contributed by atoms with Crippen LogP contribution in [0.1, 0.15) is 20.9 Å². The average Bonchev–Trinajstić information content (AvgIpc) is 3.18. The maximum absolute atomic E-state index is 12.6. The van der Waals surface area contributed by atoms with Crippen LogP contribution >= 0.6 is 11.3 Å². The summed E-state index contributed by atoms with van der Waals surface area (Å²) in [4.78, 5) is 28.9. The van der Waals surface area contributed by atoms with Crippen LogP contribution in [0.25, 0.3) is 5.69 Å². The van der Waals surface area contributed by atoms with Gasteiger partial charge in [0.15, 0.2) is 0 Å². The summed E-state index contributed by atoms with van der Waals surface area (Å²) in [6.45, 7) is 1.80. The lowest BCUT2D eigenvalue weighted by molar-refractivity contribution is 0.0607. The molecule has 3 rings (SSSR count). The first-order valence-electron chi connectivity index (χ1n) is 7.18. The highest BCUT2D eigenvalue weighted by atomic mass is 32.1. The molecule has 0 aliphatic carbocycles. The molecule has 24 heavy (non-hydrogen) atoms. The second-order valence-electron chi connectivity index (χ2n) is 5.01. The summed E-state index contributed by atoms with van der Waals surface area (Å²) >= 11 is 1.25. The van der Waals surface area contributed by atoms with Gasteiger partial charge in [0.1, 0.15) is 4.88 Å². The van der Waals surface area contributed by atoms with E-state index >= 15 is 0 Å². The van der Waals surface area contributed by atoms with Crippen molar-refractivity contribution in [3.05, 3.63) is 68.3 Å². The first-order chi connectivity index (χ1) is 11.6. The van der Waals surface area contributed by atoms with Gasteiger partial charge < -0.3 is 4.74 Å². The molecule has 2 heterocycles. The lowest BCUT2D eigenvalue weighted by Crippen LogP contribution is -2.17. The van der Waals surface area contributed by atoms with E-state index in [1.807, 2.05) is 30.3 Å². The van der Waals surface area contributed by atoms with Crippen molar-refractivity contribution in [1.82, 2.24) is 9.78 Å². The molecule has 0 saturated heterocycles. The van der Waals surface area contributed by atoms with E-state index < -0.39 is 5.97 Å². The predicted molar refractivity (Wildman–Crippen MR) is 94.0 cm³/mol. The number of esters is 1. The van der Waals surface area contributed by atoms with Crippen molar-refractivity contribution in [2.24, 2.45) is 4.99 Å². The van der Waals surface area contributed by atoms with Crippen molar-refractivity contribution >= 4 is 29.2 Å². The van der Waals surface area contributed by atoms with Crippen LogP contribution in [-0.4, -0.2) is 29.1 Å². The van der Waals surface area contributed by atoms with E-state index in [2.05, 4.69) is 10.1 Å². The van der Waals surface area contributed by atoms with Gasteiger partial charge in [-0.2, -0.15) is 0 Å². The molecular weight excluding hydrogens is 326 g/mol. The fraction of sp³-hybridized carbons (Fsp3) is 0.118. The Bertz CT molecular complexity index is 951. The van der Waals surface area contributed by atoms with Gasteiger partial charge in [0, 0.05) is 11.9 Å². The van der Waals surface area contributed by atoms with Gasteiger partial charge in [0.05, 0.1) is 24.0 Å². The Morgan fingerprint density at radius 1 is 1.29 bits per heavy atom. The van der Waals surface area contributed by atoms with Crippen LogP contribution < -0.4 is 5.56 Å². The van der Waals surface area contributed by atoms with Crippen LogP contribution in [-0.2, 0) is 4.74 Å². The number of benzene rings is 1. The summed E-state index contributed by atoms with van der Waals surface area (Å²) in [5.74, 6) is -0.440. The Morgan fingerprint density at radius 3 is 2.75 bits per heavy atom. The third kappa shape index (κ3) is 2.93. The number of aromatic nitrogens is 2. The Kier molecular flexibility index (Phi) is 4.43. The summed E-state index contributed by atoms with van der Waals surface area (Å²) in [5, 5.41) is 4.79. The summed E-state index contributed by atoms with van der Waals surface area (Å²) in [7, 11) is 1.32. The van der Waals surface area contributed by atoms with Crippen molar-refractivity contribution in [3.8, 4) is 5.69 Å². The summed E-state index contributed by atoms with van der Waals surface area (Å²) in [5.41, 5.74) is 2.18.